The molecule has 1 saturated carbocycles. The molecule has 30 heavy (non-hydrogen) atoms. The molecule has 2 aromatic heterocycles. The molecule has 0 bridgehead atoms. The molecule has 2 fully saturated rings. The van der Waals surface area contributed by atoms with E-state index in [4.69, 9.17) is 12.2 Å². The number of aromatic hydroxyl groups is 1. The summed E-state index contributed by atoms with van der Waals surface area (Å²) in [5, 5.41) is 14.6. The van der Waals surface area contributed by atoms with Crippen molar-refractivity contribution in [2.75, 3.05) is 4.90 Å². The summed E-state index contributed by atoms with van der Waals surface area (Å²) in [6.07, 6.45) is 12.7. The van der Waals surface area contributed by atoms with E-state index in [2.05, 4.69) is 33.3 Å². The number of pyridine rings is 1. The molecule has 3 heterocycles. The summed E-state index contributed by atoms with van der Waals surface area (Å²) >= 11 is 5.74. The molecule has 2 atom stereocenters. The van der Waals surface area contributed by atoms with E-state index in [1.165, 1.54) is 37.7 Å². The van der Waals surface area contributed by atoms with Crippen molar-refractivity contribution in [1.82, 2.24) is 14.9 Å². The van der Waals surface area contributed by atoms with Gasteiger partial charge in [-0.1, -0.05) is 37.5 Å². The second-order valence-electron chi connectivity index (χ2n) is 8.17. The molecule has 0 radical (unpaired) electrons. The molecule has 154 valence electrons. The Labute approximate surface area is 182 Å². The third kappa shape index (κ3) is 3.45. The number of benzene rings is 1. The fourth-order valence-electron chi connectivity index (χ4n) is 4.83. The van der Waals surface area contributed by atoms with Gasteiger partial charge in [-0.3, -0.25) is 4.98 Å². The average Bonchev–Trinajstić information content (AvgIpc) is 3.40. The van der Waals surface area contributed by atoms with Gasteiger partial charge in [-0.2, -0.15) is 0 Å². The summed E-state index contributed by atoms with van der Waals surface area (Å²) in [7, 11) is 0. The maximum Gasteiger partial charge on any atom is 0.174 e. The van der Waals surface area contributed by atoms with Crippen molar-refractivity contribution in [1.29, 1.82) is 0 Å². The van der Waals surface area contributed by atoms with Crippen LogP contribution >= 0.6 is 12.2 Å². The van der Waals surface area contributed by atoms with Gasteiger partial charge in [-0.05, 0) is 61.0 Å². The van der Waals surface area contributed by atoms with Crippen molar-refractivity contribution in [2.45, 2.75) is 50.2 Å². The van der Waals surface area contributed by atoms with E-state index in [0.717, 1.165) is 5.69 Å². The maximum atomic E-state index is 10.6. The van der Waals surface area contributed by atoms with Crippen molar-refractivity contribution >= 4 is 23.0 Å². The lowest BCUT2D eigenvalue weighted by atomic mass is 9.95. The summed E-state index contributed by atoms with van der Waals surface area (Å²) < 4.78 is 2.37. The van der Waals surface area contributed by atoms with Crippen molar-refractivity contribution in [2.24, 2.45) is 0 Å². The Kier molecular flexibility index (Phi) is 5.17. The molecule has 0 spiro atoms. The van der Waals surface area contributed by atoms with Crippen LogP contribution in [0, 0.1) is 0 Å². The Morgan fingerprint density at radius 3 is 2.57 bits per heavy atom. The number of nitrogens with one attached hydrogen (secondary N) is 1. The Balaban J connectivity index is 1.57. The monoisotopic (exact) mass is 418 g/mol. The molecule has 3 aromatic rings. The first kappa shape index (κ1) is 19.1. The van der Waals surface area contributed by atoms with Crippen molar-refractivity contribution in [3.05, 3.63) is 78.4 Å². The highest BCUT2D eigenvalue weighted by Gasteiger charge is 2.42. The third-order valence-corrected chi connectivity index (χ3v) is 6.63. The molecule has 2 unspecified atom stereocenters. The SMILES string of the molecule is Oc1ccccc1N1C(=S)NC(c2ccccn2)C1c1ccn(C2CCCCC2)c1. The number of hydrogen-bond donors (Lipinski definition) is 2. The van der Waals surface area contributed by atoms with E-state index in [0.29, 0.717) is 16.8 Å². The van der Waals surface area contributed by atoms with Gasteiger partial charge in [0.05, 0.1) is 23.5 Å². The number of thiocarbonyl (C=S) groups is 1. The van der Waals surface area contributed by atoms with Crippen LogP contribution in [0.5, 0.6) is 5.75 Å². The normalized spacial score (nSPS) is 22.3. The number of rotatable bonds is 4. The van der Waals surface area contributed by atoms with Crippen molar-refractivity contribution in [3.63, 3.8) is 0 Å². The molecule has 1 aliphatic carbocycles. The second kappa shape index (κ2) is 8.11. The molecule has 0 amide bonds. The highest BCUT2D eigenvalue weighted by molar-refractivity contribution is 7.80. The summed E-state index contributed by atoms with van der Waals surface area (Å²) in [6, 6.07) is 15.9. The topological polar surface area (TPSA) is 53.3 Å². The van der Waals surface area contributed by atoms with Gasteiger partial charge in [0.15, 0.2) is 5.11 Å². The fraction of sp³-hybridized carbons (Fsp3) is 0.333. The Morgan fingerprint density at radius 2 is 1.80 bits per heavy atom. The summed E-state index contributed by atoms with van der Waals surface area (Å²) in [6.45, 7) is 0. The van der Waals surface area contributed by atoms with Crippen molar-refractivity contribution in [3.8, 4) is 5.75 Å². The predicted molar refractivity (Wildman–Crippen MR) is 123 cm³/mol. The van der Waals surface area contributed by atoms with Crippen LogP contribution in [0.4, 0.5) is 5.69 Å². The standard InChI is InChI=1S/C24H26N4OS/c29-21-12-5-4-11-20(21)28-23(22(26-24(28)30)19-10-6-7-14-25-19)17-13-15-27(16-17)18-8-2-1-3-9-18/h4-7,10-16,18,22-23,29H,1-3,8-9H2,(H,26,30). The number of anilines is 1. The molecule has 1 saturated heterocycles. The van der Waals surface area contributed by atoms with Gasteiger partial charge in [-0.15, -0.1) is 0 Å². The summed E-state index contributed by atoms with van der Waals surface area (Å²) in [4.78, 5) is 6.63. The van der Waals surface area contributed by atoms with Crippen LogP contribution in [-0.4, -0.2) is 19.8 Å². The van der Waals surface area contributed by atoms with Gasteiger partial charge in [0, 0.05) is 24.6 Å². The Hall–Kier alpha value is -2.86. The van der Waals surface area contributed by atoms with Crippen molar-refractivity contribution < 1.29 is 5.11 Å². The van der Waals surface area contributed by atoms with Gasteiger partial charge in [-0.25, -0.2) is 0 Å². The van der Waals surface area contributed by atoms with E-state index < -0.39 is 0 Å². The van der Waals surface area contributed by atoms with Gasteiger partial charge in [0.25, 0.3) is 0 Å². The van der Waals surface area contributed by atoms with E-state index in [9.17, 15) is 5.11 Å². The van der Waals surface area contributed by atoms with Gasteiger partial charge in [0.2, 0.25) is 0 Å². The zero-order valence-corrected chi connectivity index (χ0v) is 17.6. The number of phenolic OH excluding ortho intramolecular Hbond substituents is 1. The van der Waals surface area contributed by atoms with E-state index in [1.807, 2.05) is 47.5 Å². The van der Waals surface area contributed by atoms with E-state index in [1.54, 1.807) is 6.07 Å². The highest BCUT2D eigenvalue weighted by atomic mass is 32.1. The van der Waals surface area contributed by atoms with Crippen LogP contribution in [-0.2, 0) is 0 Å². The minimum atomic E-state index is -0.0967. The van der Waals surface area contributed by atoms with E-state index in [-0.39, 0.29) is 17.8 Å². The predicted octanol–water partition coefficient (Wildman–Crippen LogP) is 5.27. The lowest BCUT2D eigenvalue weighted by Gasteiger charge is -2.28. The van der Waals surface area contributed by atoms with Crippen LogP contribution in [0.3, 0.4) is 0 Å². The summed E-state index contributed by atoms with van der Waals surface area (Å²) in [5.41, 5.74) is 2.82. The largest absolute Gasteiger partial charge is 0.506 e. The quantitative estimate of drug-likeness (QED) is 0.565. The van der Waals surface area contributed by atoms with Crippen LogP contribution in [0.1, 0.15) is 61.5 Å². The minimum absolute atomic E-state index is 0.0921. The molecule has 1 aromatic carbocycles. The molecular weight excluding hydrogens is 392 g/mol. The van der Waals surface area contributed by atoms with Crippen LogP contribution in [0.2, 0.25) is 0 Å². The third-order valence-electron chi connectivity index (χ3n) is 6.31. The number of nitrogens with zero attached hydrogens (tertiary/aromatic N) is 3. The first-order valence-electron chi connectivity index (χ1n) is 10.7. The van der Waals surface area contributed by atoms with Crippen LogP contribution in [0.25, 0.3) is 0 Å². The zero-order valence-electron chi connectivity index (χ0n) is 16.8. The molecule has 6 heteroatoms. The molecule has 1 aliphatic heterocycles. The Bertz CT molecular complexity index is 1030. The lowest BCUT2D eigenvalue weighted by molar-refractivity contribution is 0.353. The van der Waals surface area contributed by atoms with Gasteiger partial charge in [0.1, 0.15) is 5.75 Å². The lowest BCUT2D eigenvalue weighted by Crippen LogP contribution is -2.29. The van der Waals surface area contributed by atoms with Crippen LogP contribution in [0.15, 0.2) is 67.1 Å². The molecule has 5 rings (SSSR count). The number of hydrogen-bond acceptors (Lipinski definition) is 3. The van der Waals surface area contributed by atoms with Gasteiger partial charge < -0.3 is 19.9 Å². The Morgan fingerprint density at radius 1 is 1.00 bits per heavy atom. The maximum absolute atomic E-state index is 10.6. The number of para-hydroxylation sites is 2. The van der Waals surface area contributed by atoms with E-state index >= 15 is 0 Å². The van der Waals surface area contributed by atoms with Crippen LogP contribution < -0.4 is 10.2 Å². The van der Waals surface area contributed by atoms with Gasteiger partial charge >= 0.3 is 0 Å². The zero-order chi connectivity index (χ0) is 20.5. The fourth-order valence-corrected chi connectivity index (χ4v) is 5.17. The molecule has 5 nitrogen and oxygen atoms in total. The first-order valence-corrected chi connectivity index (χ1v) is 11.1. The molecule has 2 aliphatic rings. The molecular formula is C24H26N4OS. The molecule has 2 N–H and O–H groups in total. The number of aromatic nitrogens is 2. The minimum Gasteiger partial charge on any atom is -0.506 e. The highest BCUT2D eigenvalue weighted by Crippen LogP contribution is 2.44. The second-order valence-corrected chi connectivity index (χ2v) is 8.56. The average molecular weight is 419 g/mol. The summed E-state index contributed by atoms with van der Waals surface area (Å²) in [5.74, 6) is 0.222. The smallest absolute Gasteiger partial charge is 0.174 e. The number of phenols is 1. The first-order chi connectivity index (χ1) is 14.7.